The molecule has 2 aromatic carbocycles. The molecule has 2 N–H and O–H groups in total. The number of benzene rings is 2. The van der Waals surface area contributed by atoms with E-state index >= 15 is 0 Å². The number of hydrogen-bond donors (Lipinski definition) is 2. The monoisotopic (exact) mass is 500 g/mol. The van der Waals surface area contributed by atoms with Gasteiger partial charge in [-0.3, -0.25) is 0 Å². The first-order valence-electron chi connectivity index (χ1n) is 10.6. The summed E-state index contributed by atoms with van der Waals surface area (Å²) in [4.78, 5) is 0. The Kier molecular flexibility index (Phi) is 12.5. The Morgan fingerprint density at radius 3 is 1.21 bits per heavy atom. The second kappa shape index (κ2) is 15.1. The van der Waals surface area contributed by atoms with Crippen LogP contribution in [0.4, 0.5) is 0 Å². The Bertz CT molecular complexity index is 904. The SMILES string of the molecule is O=S(=O)(Cc1ccccc1)NCCOCCOCCOCCNS(=O)(=O)Cc1ccccc1. The van der Waals surface area contributed by atoms with Crippen molar-refractivity contribution in [1.29, 1.82) is 0 Å². The molecule has 33 heavy (non-hydrogen) atoms. The zero-order valence-electron chi connectivity index (χ0n) is 18.5. The Morgan fingerprint density at radius 2 is 0.848 bits per heavy atom. The second-order valence-electron chi connectivity index (χ2n) is 7.12. The minimum absolute atomic E-state index is 0.0641. The molecule has 0 heterocycles. The molecule has 0 radical (unpaired) electrons. The molecule has 0 aromatic heterocycles. The number of ether oxygens (including phenoxy) is 3. The van der Waals surface area contributed by atoms with E-state index < -0.39 is 20.0 Å². The van der Waals surface area contributed by atoms with Gasteiger partial charge in [-0.2, -0.15) is 0 Å². The third kappa shape index (κ3) is 13.4. The van der Waals surface area contributed by atoms with Crippen LogP contribution in [-0.2, 0) is 45.8 Å². The van der Waals surface area contributed by atoms with Crippen molar-refractivity contribution in [3.8, 4) is 0 Å². The van der Waals surface area contributed by atoms with Crippen LogP contribution in [0.3, 0.4) is 0 Å². The summed E-state index contributed by atoms with van der Waals surface area (Å²) in [6.45, 7) is 2.25. The van der Waals surface area contributed by atoms with E-state index in [-0.39, 0.29) is 37.8 Å². The number of nitrogens with one attached hydrogen (secondary N) is 2. The Balaban J connectivity index is 1.39. The maximum Gasteiger partial charge on any atom is 0.215 e. The molecule has 2 rings (SSSR count). The van der Waals surface area contributed by atoms with Gasteiger partial charge in [0.1, 0.15) is 0 Å². The second-order valence-corrected chi connectivity index (χ2v) is 10.7. The first kappa shape index (κ1) is 27.4. The summed E-state index contributed by atoms with van der Waals surface area (Å²) in [6, 6.07) is 17.9. The van der Waals surface area contributed by atoms with Gasteiger partial charge in [0.2, 0.25) is 20.0 Å². The third-order valence-corrected chi connectivity index (χ3v) is 6.99. The smallest absolute Gasteiger partial charge is 0.215 e. The lowest BCUT2D eigenvalue weighted by Gasteiger charge is -2.09. The summed E-state index contributed by atoms with van der Waals surface area (Å²) in [5.41, 5.74) is 1.46. The molecule has 0 unspecified atom stereocenters. The molecule has 0 fully saturated rings. The molecule has 0 bridgehead atoms. The van der Waals surface area contributed by atoms with Gasteiger partial charge in [0, 0.05) is 13.1 Å². The van der Waals surface area contributed by atoms with Crippen LogP contribution in [0.25, 0.3) is 0 Å². The van der Waals surface area contributed by atoms with Crippen molar-refractivity contribution in [2.75, 3.05) is 52.7 Å². The quantitative estimate of drug-likeness (QED) is 0.296. The zero-order chi connectivity index (χ0) is 23.8. The third-order valence-electron chi connectivity index (χ3n) is 4.28. The maximum absolute atomic E-state index is 12.0. The Hall–Kier alpha value is -1.86. The average Bonchev–Trinajstić information content (AvgIpc) is 2.77. The van der Waals surface area contributed by atoms with Crippen LogP contribution in [0, 0.1) is 0 Å². The minimum Gasteiger partial charge on any atom is -0.378 e. The normalized spacial score (nSPS) is 12.1. The summed E-state index contributed by atoms with van der Waals surface area (Å²) in [7, 11) is -6.79. The largest absolute Gasteiger partial charge is 0.378 e. The lowest BCUT2D eigenvalue weighted by Crippen LogP contribution is -2.29. The lowest BCUT2D eigenvalue weighted by molar-refractivity contribution is 0.0167. The molecule has 0 aliphatic heterocycles. The van der Waals surface area contributed by atoms with Crippen LogP contribution in [0.1, 0.15) is 11.1 Å². The van der Waals surface area contributed by atoms with E-state index in [9.17, 15) is 16.8 Å². The molecule has 2 aromatic rings. The molecule has 0 saturated heterocycles. The summed E-state index contributed by atoms with van der Waals surface area (Å²) in [6.07, 6.45) is 0. The van der Waals surface area contributed by atoms with Gasteiger partial charge in [-0.05, 0) is 11.1 Å². The molecule has 0 aliphatic rings. The van der Waals surface area contributed by atoms with Crippen LogP contribution >= 0.6 is 0 Å². The van der Waals surface area contributed by atoms with Crippen LogP contribution in [0.15, 0.2) is 60.7 Å². The molecular formula is C22H32N2O7S2. The molecule has 0 aliphatic carbocycles. The van der Waals surface area contributed by atoms with Crippen LogP contribution in [0.5, 0.6) is 0 Å². The van der Waals surface area contributed by atoms with Crippen molar-refractivity contribution >= 4 is 20.0 Å². The lowest BCUT2D eigenvalue weighted by atomic mass is 10.2. The summed E-state index contributed by atoms with van der Waals surface area (Å²) >= 11 is 0. The van der Waals surface area contributed by atoms with E-state index in [1.165, 1.54) is 0 Å². The minimum atomic E-state index is -3.39. The van der Waals surface area contributed by atoms with Crippen molar-refractivity contribution in [2.24, 2.45) is 0 Å². The summed E-state index contributed by atoms with van der Waals surface area (Å²) in [5, 5.41) is 0. The maximum atomic E-state index is 12.0. The molecule has 0 amide bonds. The van der Waals surface area contributed by atoms with Gasteiger partial charge in [0.25, 0.3) is 0 Å². The molecule has 11 heteroatoms. The fourth-order valence-electron chi connectivity index (χ4n) is 2.77. The van der Waals surface area contributed by atoms with Crippen molar-refractivity contribution in [3.63, 3.8) is 0 Å². The van der Waals surface area contributed by atoms with Crippen molar-refractivity contribution in [1.82, 2.24) is 9.44 Å². The highest BCUT2D eigenvalue weighted by atomic mass is 32.2. The highest BCUT2D eigenvalue weighted by molar-refractivity contribution is 7.88. The highest BCUT2D eigenvalue weighted by Gasteiger charge is 2.11. The van der Waals surface area contributed by atoms with Gasteiger partial charge >= 0.3 is 0 Å². The van der Waals surface area contributed by atoms with Crippen molar-refractivity contribution in [3.05, 3.63) is 71.8 Å². The molecule has 9 nitrogen and oxygen atoms in total. The fourth-order valence-corrected chi connectivity index (χ4v) is 5.03. The van der Waals surface area contributed by atoms with E-state index in [0.29, 0.717) is 26.4 Å². The van der Waals surface area contributed by atoms with Gasteiger partial charge in [-0.1, -0.05) is 60.7 Å². The predicted octanol–water partition coefficient (Wildman–Crippen LogP) is 1.28. The van der Waals surface area contributed by atoms with Crippen LogP contribution in [0.2, 0.25) is 0 Å². The van der Waals surface area contributed by atoms with Crippen molar-refractivity contribution in [2.45, 2.75) is 11.5 Å². The van der Waals surface area contributed by atoms with E-state index in [1.807, 2.05) is 12.1 Å². The standard InChI is InChI=1S/C22H32N2O7S2/c25-32(26,19-21-7-3-1-4-8-21)23-11-13-29-15-17-31-18-16-30-14-12-24-33(27,28)20-22-9-5-2-6-10-22/h1-10,23-24H,11-20H2. The topological polar surface area (TPSA) is 120 Å². The van der Waals surface area contributed by atoms with Gasteiger partial charge < -0.3 is 14.2 Å². The number of hydrogen-bond acceptors (Lipinski definition) is 7. The van der Waals surface area contributed by atoms with E-state index in [0.717, 1.165) is 11.1 Å². The molecule has 0 saturated carbocycles. The van der Waals surface area contributed by atoms with Gasteiger partial charge in [-0.15, -0.1) is 0 Å². The van der Waals surface area contributed by atoms with E-state index in [4.69, 9.17) is 14.2 Å². The fraction of sp³-hybridized carbons (Fsp3) is 0.455. The first-order valence-corrected chi connectivity index (χ1v) is 13.9. The Morgan fingerprint density at radius 1 is 0.515 bits per heavy atom. The molecule has 0 spiro atoms. The average molecular weight is 501 g/mol. The number of rotatable bonds is 18. The van der Waals surface area contributed by atoms with E-state index in [2.05, 4.69) is 9.44 Å². The molecular weight excluding hydrogens is 468 g/mol. The highest BCUT2D eigenvalue weighted by Crippen LogP contribution is 2.04. The van der Waals surface area contributed by atoms with Crippen LogP contribution < -0.4 is 9.44 Å². The van der Waals surface area contributed by atoms with Gasteiger partial charge in [0.15, 0.2) is 0 Å². The molecule has 0 atom stereocenters. The van der Waals surface area contributed by atoms with Gasteiger partial charge in [0.05, 0.1) is 51.1 Å². The Labute approximate surface area is 196 Å². The predicted molar refractivity (Wildman–Crippen MR) is 127 cm³/mol. The van der Waals surface area contributed by atoms with Gasteiger partial charge in [-0.25, -0.2) is 26.3 Å². The van der Waals surface area contributed by atoms with E-state index in [1.54, 1.807) is 48.5 Å². The number of sulfonamides is 2. The summed E-state index contributed by atoms with van der Waals surface area (Å²) in [5.74, 6) is -0.128. The molecule has 184 valence electrons. The first-order chi connectivity index (χ1) is 15.9. The zero-order valence-corrected chi connectivity index (χ0v) is 20.2. The van der Waals surface area contributed by atoms with Crippen molar-refractivity contribution < 1.29 is 31.0 Å². The summed E-state index contributed by atoms with van der Waals surface area (Å²) < 4.78 is 68.9. The van der Waals surface area contributed by atoms with Crippen LogP contribution in [-0.4, -0.2) is 69.6 Å².